The molecule has 1 aromatic rings. The lowest BCUT2D eigenvalue weighted by atomic mass is 10.1. The Labute approximate surface area is 78.8 Å². The zero-order valence-corrected chi connectivity index (χ0v) is 8.53. The van der Waals surface area contributed by atoms with Crippen molar-refractivity contribution in [3.8, 4) is 0 Å². The third-order valence-electron chi connectivity index (χ3n) is 1.70. The van der Waals surface area contributed by atoms with E-state index in [2.05, 4.69) is 24.9 Å². The molecule has 1 aromatic heterocycles. The highest BCUT2D eigenvalue weighted by Crippen LogP contribution is 2.07. The van der Waals surface area contributed by atoms with Crippen LogP contribution in [0.4, 0.5) is 0 Å². The topological polar surface area (TPSA) is 12.9 Å². The van der Waals surface area contributed by atoms with E-state index in [1.54, 1.807) is 0 Å². The summed E-state index contributed by atoms with van der Waals surface area (Å²) in [6.07, 6.45) is 0.894. The minimum absolute atomic E-state index is 0.894. The van der Waals surface area contributed by atoms with Crippen molar-refractivity contribution in [1.29, 1.82) is 0 Å². The molecule has 1 heterocycles. The number of hydrogen-bond acceptors (Lipinski definition) is 2. The molecule has 0 aliphatic rings. The smallest absolute Gasteiger partial charge is 0.0774 e. The summed E-state index contributed by atoms with van der Waals surface area (Å²) in [6.45, 7) is 6.12. The highest BCUT2D eigenvalue weighted by molar-refractivity contribution is 7.80. The predicted molar refractivity (Wildman–Crippen MR) is 55.7 cm³/mol. The highest BCUT2D eigenvalue weighted by atomic mass is 32.1. The Balaban J connectivity index is 3.08. The molecule has 0 radical (unpaired) electrons. The SMILES string of the molecule is CCC(=S)c1cc(C)cc(C)n1. The van der Waals surface area contributed by atoms with E-state index in [0.29, 0.717) is 0 Å². The molecule has 2 heteroatoms. The van der Waals surface area contributed by atoms with Crippen LogP contribution in [0, 0.1) is 13.8 Å². The van der Waals surface area contributed by atoms with Crippen LogP contribution in [0.2, 0.25) is 0 Å². The Bertz CT molecular complexity index is 284. The third kappa shape index (κ3) is 2.11. The van der Waals surface area contributed by atoms with Gasteiger partial charge in [0.05, 0.1) is 5.69 Å². The Morgan fingerprint density at radius 2 is 2.08 bits per heavy atom. The Morgan fingerprint density at radius 3 is 2.58 bits per heavy atom. The molecule has 0 amide bonds. The maximum atomic E-state index is 5.18. The average molecular weight is 179 g/mol. The van der Waals surface area contributed by atoms with E-state index in [1.165, 1.54) is 5.56 Å². The zero-order chi connectivity index (χ0) is 9.14. The van der Waals surface area contributed by atoms with Gasteiger partial charge in [-0.25, -0.2) is 0 Å². The molecule has 0 atom stereocenters. The molecule has 0 saturated heterocycles. The molecule has 0 aliphatic carbocycles. The number of hydrogen-bond donors (Lipinski definition) is 0. The lowest BCUT2D eigenvalue weighted by molar-refractivity contribution is 1.14. The van der Waals surface area contributed by atoms with E-state index in [0.717, 1.165) is 22.7 Å². The van der Waals surface area contributed by atoms with Gasteiger partial charge in [-0.1, -0.05) is 19.1 Å². The van der Waals surface area contributed by atoms with Gasteiger partial charge in [-0.2, -0.15) is 0 Å². The van der Waals surface area contributed by atoms with Gasteiger partial charge in [0.1, 0.15) is 0 Å². The molecular formula is C10H13NS. The van der Waals surface area contributed by atoms with Crippen molar-refractivity contribution in [3.63, 3.8) is 0 Å². The summed E-state index contributed by atoms with van der Waals surface area (Å²) in [6, 6.07) is 4.10. The van der Waals surface area contributed by atoms with Crippen LogP contribution in [-0.2, 0) is 0 Å². The van der Waals surface area contributed by atoms with E-state index in [4.69, 9.17) is 12.2 Å². The van der Waals surface area contributed by atoms with Crippen molar-refractivity contribution in [2.75, 3.05) is 0 Å². The van der Waals surface area contributed by atoms with Crippen LogP contribution in [0.3, 0.4) is 0 Å². The van der Waals surface area contributed by atoms with Gasteiger partial charge in [-0.15, -0.1) is 0 Å². The van der Waals surface area contributed by atoms with E-state index in [9.17, 15) is 0 Å². The second kappa shape index (κ2) is 3.76. The van der Waals surface area contributed by atoms with Crippen molar-refractivity contribution in [2.45, 2.75) is 27.2 Å². The fourth-order valence-electron chi connectivity index (χ4n) is 1.17. The number of aromatic nitrogens is 1. The van der Waals surface area contributed by atoms with Crippen molar-refractivity contribution < 1.29 is 0 Å². The van der Waals surface area contributed by atoms with Gasteiger partial charge < -0.3 is 0 Å². The van der Waals surface area contributed by atoms with Crippen LogP contribution >= 0.6 is 12.2 Å². The molecule has 0 fully saturated rings. The molecule has 0 bridgehead atoms. The van der Waals surface area contributed by atoms with Crippen molar-refractivity contribution >= 4 is 17.1 Å². The number of pyridine rings is 1. The Hall–Kier alpha value is -0.760. The summed E-state index contributed by atoms with van der Waals surface area (Å²) in [5, 5.41) is 0. The van der Waals surface area contributed by atoms with Crippen LogP contribution in [0.1, 0.15) is 30.3 Å². The minimum Gasteiger partial charge on any atom is -0.253 e. The molecule has 0 aromatic carbocycles. The second-order valence-corrected chi connectivity index (χ2v) is 3.44. The van der Waals surface area contributed by atoms with Crippen molar-refractivity contribution in [1.82, 2.24) is 4.98 Å². The van der Waals surface area contributed by atoms with Crippen molar-refractivity contribution in [3.05, 3.63) is 29.1 Å². The van der Waals surface area contributed by atoms with Crippen LogP contribution in [-0.4, -0.2) is 9.85 Å². The first-order chi connectivity index (χ1) is 5.63. The van der Waals surface area contributed by atoms with E-state index >= 15 is 0 Å². The average Bonchev–Trinajstić information content (AvgIpc) is 2.01. The first-order valence-electron chi connectivity index (χ1n) is 4.12. The van der Waals surface area contributed by atoms with Gasteiger partial charge >= 0.3 is 0 Å². The highest BCUT2D eigenvalue weighted by Gasteiger charge is 2.01. The largest absolute Gasteiger partial charge is 0.253 e. The normalized spacial score (nSPS) is 9.92. The first-order valence-corrected chi connectivity index (χ1v) is 4.52. The molecule has 0 N–H and O–H groups in total. The molecule has 1 nitrogen and oxygen atoms in total. The fourth-order valence-corrected chi connectivity index (χ4v) is 1.27. The monoisotopic (exact) mass is 179 g/mol. The Morgan fingerprint density at radius 1 is 1.42 bits per heavy atom. The fraction of sp³-hybridized carbons (Fsp3) is 0.400. The van der Waals surface area contributed by atoms with Gasteiger partial charge in [0.15, 0.2) is 0 Å². The predicted octanol–water partition coefficient (Wildman–Crippen LogP) is 2.83. The van der Waals surface area contributed by atoms with Crippen LogP contribution in [0.25, 0.3) is 0 Å². The number of rotatable bonds is 2. The summed E-state index contributed by atoms with van der Waals surface area (Å²) in [7, 11) is 0. The minimum atomic E-state index is 0.894. The second-order valence-electron chi connectivity index (χ2n) is 2.95. The molecule has 0 spiro atoms. The molecule has 0 aliphatic heterocycles. The zero-order valence-electron chi connectivity index (χ0n) is 7.72. The molecule has 0 unspecified atom stereocenters. The lowest BCUT2D eigenvalue weighted by Crippen LogP contribution is -2.00. The third-order valence-corrected chi connectivity index (χ3v) is 2.20. The van der Waals surface area contributed by atoms with Gasteiger partial charge in [-0.05, 0) is 38.0 Å². The van der Waals surface area contributed by atoms with Gasteiger partial charge in [0.2, 0.25) is 0 Å². The molecule has 12 heavy (non-hydrogen) atoms. The van der Waals surface area contributed by atoms with Crippen LogP contribution < -0.4 is 0 Å². The lowest BCUT2D eigenvalue weighted by Gasteiger charge is -2.02. The maximum Gasteiger partial charge on any atom is 0.0774 e. The summed E-state index contributed by atoms with van der Waals surface area (Å²) in [5.74, 6) is 0. The summed E-state index contributed by atoms with van der Waals surface area (Å²) >= 11 is 5.18. The van der Waals surface area contributed by atoms with Crippen LogP contribution in [0.15, 0.2) is 12.1 Å². The molecule has 64 valence electrons. The molecule has 1 rings (SSSR count). The van der Waals surface area contributed by atoms with E-state index < -0.39 is 0 Å². The van der Waals surface area contributed by atoms with Gasteiger partial charge in [-0.3, -0.25) is 4.98 Å². The summed E-state index contributed by atoms with van der Waals surface area (Å²) in [4.78, 5) is 5.31. The quantitative estimate of drug-likeness (QED) is 0.511. The number of thiocarbonyl (C=S) groups is 1. The summed E-state index contributed by atoms with van der Waals surface area (Å²) < 4.78 is 0. The maximum absolute atomic E-state index is 5.18. The molecule has 0 saturated carbocycles. The number of aryl methyl sites for hydroxylation is 2. The first kappa shape index (κ1) is 9.33. The molecular weight excluding hydrogens is 166 g/mol. The standard InChI is InChI=1S/C10H13NS/c1-4-10(12)9-6-7(2)5-8(3)11-9/h5-6H,4H2,1-3H3. The van der Waals surface area contributed by atoms with Crippen molar-refractivity contribution in [2.24, 2.45) is 0 Å². The van der Waals surface area contributed by atoms with E-state index in [-0.39, 0.29) is 0 Å². The van der Waals surface area contributed by atoms with Crippen LogP contribution in [0.5, 0.6) is 0 Å². The Kier molecular flexibility index (Phi) is 2.93. The van der Waals surface area contributed by atoms with Gasteiger partial charge in [0.25, 0.3) is 0 Å². The van der Waals surface area contributed by atoms with Gasteiger partial charge in [0, 0.05) is 10.6 Å². The summed E-state index contributed by atoms with van der Waals surface area (Å²) in [5.41, 5.74) is 3.24. The number of nitrogens with zero attached hydrogens (tertiary/aromatic N) is 1. The van der Waals surface area contributed by atoms with E-state index in [1.807, 2.05) is 13.0 Å².